The number of ether oxygens (including phenoxy) is 2. The second-order valence-electron chi connectivity index (χ2n) is 8.18. The van der Waals surface area contributed by atoms with Crippen LogP contribution in [0.3, 0.4) is 0 Å². The Morgan fingerprint density at radius 1 is 1.21 bits per heavy atom. The summed E-state index contributed by atoms with van der Waals surface area (Å²) in [7, 11) is 4.08. The largest absolute Gasteiger partial charge is 0.489 e. The number of nitrogens with one attached hydrogen (secondary N) is 1. The number of pyridine rings is 2. The number of benzene rings is 1. The highest BCUT2D eigenvalue weighted by Crippen LogP contribution is 2.32. The van der Waals surface area contributed by atoms with Gasteiger partial charge in [-0.25, -0.2) is 4.98 Å². The van der Waals surface area contributed by atoms with Gasteiger partial charge in [-0.05, 0) is 38.4 Å². The van der Waals surface area contributed by atoms with Crippen LogP contribution in [0, 0.1) is 5.41 Å². The summed E-state index contributed by atoms with van der Waals surface area (Å²) in [6, 6.07) is 7.13. The Labute approximate surface area is 208 Å². The molecule has 0 fully saturated rings. The number of fused-ring (bicyclic) bond motifs is 1. The van der Waals surface area contributed by atoms with Gasteiger partial charge in [0.15, 0.2) is 0 Å². The molecule has 0 saturated carbocycles. The lowest BCUT2D eigenvalue weighted by atomic mass is 10.0. The van der Waals surface area contributed by atoms with Gasteiger partial charge in [-0.15, -0.1) is 0 Å². The molecule has 10 heteroatoms. The highest BCUT2D eigenvalue weighted by molar-refractivity contribution is 6.35. The van der Waals surface area contributed by atoms with Gasteiger partial charge in [0, 0.05) is 54.1 Å². The Bertz CT molecular complexity index is 1180. The molecule has 0 spiro atoms. The van der Waals surface area contributed by atoms with Crippen LogP contribution in [-0.2, 0) is 6.61 Å². The maximum atomic E-state index is 8.83. The highest BCUT2D eigenvalue weighted by atomic mass is 35.5. The first-order valence-corrected chi connectivity index (χ1v) is 11.5. The SMILES string of the molecule is CN(C)CCN1CCOc2ncc(C(=N)c3cc(OCc4c(Cl)cncc4Cl)ccc3N)cc21. The smallest absolute Gasteiger partial charge is 0.237 e. The van der Waals surface area contributed by atoms with Crippen molar-refractivity contribution in [1.82, 2.24) is 14.9 Å². The Balaban J connectivity index is 1.56. The van der Waals surface area contributed by atoms with E-state index in [1.807, 2.05) is 20.2 Å². The number of rotatable bonds is 8. The number of likely N-dealkylation sites (N-methyl/N-ethyl adjacent to an activating group) is 1. The number of nitrogens with two attached hydrogens (primary N) is 1. The third-order valence-corrected chi connectivity index (χ3v) is 6.16. The summed E-state index contributed by atoms with van der Waals surface area (Å²) in [6.07, 6.45) is 4.68. The summed E-state index contributed by atoms with van der Waals surface area (Å²) in [6.45, 7) is 3.26. The molecule has 3 N–H and O–H groups in total. The molecule has 0 unspecified atom stereocenters. The first kappa shape index (κ1) is 24.1. The molecular formula is C24H26Cl2N6O2. The monoisotopic (exact) mass is 500 g/mol. The normalized spacial score (nSPS) is 12.9. The van der Waals surface area contributed by atoms with E-state index in [0.29, 0.717) is 50.7 Å². The molecular weight excluding hydrogens is 475 g/mol. The molecule has 3 aromatic rings. The lowest BCUT2D eigenvalue weighted by molar-refractivity contribution is 0.291. The van der Waals surface area contributed by atoms with Gasteiger partial charge in [-0.3, -0.25) is 10.4 Å². The molecule has 178 valence electrons. The van der Waals surface area contributed by atoms with Crippen LogP contribution in [-0.4, -0.2) is 60.9 Å². The quantitative estimate of drug-likeness (QED) is 0.354. The predicted molar refractivity (Wildman–Crippen MR) is 136 cm³/mol. The average molecular weight is 501 g/mol. The second kappa shape index (κ2) is 10.5. The summed E-state index contributed by atoms with van der Waals surface area (Å²) in [4.78, 5) is 12.8. The number of nitrogens with zero attached hydrogens (tertiary/aromatic N) is 4. The molecule has 0 saturated heterocycles. The van der Waals surface area contributed by atoms with Gasteiger partial charge in [0.05, 0.1) is 22.3 Å². The molecule has 8 nitrogen and oxygen atoms in total. The molecule has 1 aliphatic rings. The van der Waals surface area contributed by atoms with E-state index in [9.17, 15) is 0 Å². The van der Waals surface area contributed by atoms with Crippen LogP contribution < -0.4 is 20.1 Å². The Kier molecular flexibility index (Phi) is 7.41. The van der Waals surface area contributed by atoms with Crippen LogP contribution in [0.2, 0.25) is 10.0 Å². The first-order chi connectivity index (χ1) is 16.3. The van der Waals surface area contributed by atoms with E-state index in [1.54, 1.807) is 24.4 Å². The minimum absolute atomic E-state index is 0.162. The highest BCUT2D eigenvalue weighted by Gasteiger charge is 2.22. The van der Waals surface area contributed by atoms with Crippen molar-refractivity contribution in [2.75, 3.05) is 51.0 Å². The van der Waals surface area contributed by atoms with Gasteiger partial charge in [0.25, 0.3) is 0 Å². The fourth-order valence-electron chi connectivity index (χ4n) is 3.57. The number of anilines is 2. The maximum absolute atomic E-state index is 8.83. The molecule has 34 heavy (non-hydrogen) atoms. The average Bonchev–Trinajstić information content (AvgIpc) is 2.82. The molecule has 3 heterocycles. The minimum atomic E-state index is 0.162. The van der Waals surface area contributed by atoms with E-state index < -0.39 is 0 Å². The zero-order valence-electron chi connectivity index (χ0n) is 19.0. The third-order valence-electron chi connectivity index (χ3n) is 5.51. The zero-order valence-corrected chi connectivity index (χ0v) is 20.5. The van der Waals surface area contributed by atoms with Gasteiger partial charge in [0.2, 0.25) is 5.88 Å². The molecule has 0 radical (unpaired) electrons. The van der Waals surface area contributed by atoms with E-state index in [4.69, 9.17) is 43.8 Å². The van der Waals surface area contributed by atoms with Crippen molar-refractivity contribution in [3.8, 4) is 11.6 Å². The summed E-state index contributed by atoms with van der Waals surface area (Å²) in [5, 5.41) is 9.69. The van der Waals surface area contributed by atoms with Crippen molar-refractivity contribution >= 4 is 40.3 Å². The first-order valence-electron chi connectivity index (χ1n) is 10.8. The lowest BCUT2D eigenvalue weighted by Gasteiger charge is -2.31. The van der Waals surface area contributed by atoms with E-state index in [-0.39, 0.29) is 12.3 Å². The van der Waals surface area contributed by atoms with Crippen LogP contribution in [0.4, 0.5) is 11.4 Å². The third kappa shape index (κ3) is 5.35. The Morgan fingerprint density at radius 3 is 2.71 bits per heavy atom. The van der Waals surface area contributed by atoms with Crippen molar-refractivity contribution in [2.45, 2.75) is 6.61 Å². The molecule has 2 aromatic heterocycles. The molecule has 0 amide bonds. The topological polar surface area (TPSA) is 101 Å². The van der Waals surface area contributed by atoms with Gasteiger partial charge in [-0.1, -0.05) is 23.2 Å². The number of aromatic nitrogens is 2. The minimum Gasteiger partial charge on any atom is -0.489 e. The van der Waals surface area contributed by atoms with Gasteiger partial charge in [0.1, 0.15) is 24.7 Å². The van der Waals surface area contributed by atoms with Crippen molar-refractivity contribution in [1.29, 1.82) is 5.41 Å². The summed E-state index contributed by atoms with van der Waals surface area (Å²) >= 11 is 12.4. The molecule has 1 aromatic carbocycles. The molecule has 1 aliphatic heterocycles. The zero-order chi connectivity index (χ0) is 24.2. The van der Waals surface area contributed by atoms with Crippen molar-refractivity contribution in [2.24, 2.45) is 0 Å². The number of hydrogen-bond donors (Lipinski definition) is 2. The number of halogens is 2. The molecule has 0 atom stereocenters. The van der Waals surface area contributed by atoms with E-state index >= 15 is 0 Å². The van der Waals surface area contributed by atoms with Gasteiger partial charge in [-0.2, -0.15) is 0 Å². The standard InChI is InChI=1S/C24H26Cl2N6O2/c1-31(2)5-6-32-7-8-33-24-22(32)9-15(11-30-24)23(28)17-10-16(3-4-21(17)27)34-14-18-19(25)12-29-13-20(18)26/h3-4,9-13,28H,5-8,14,27H2,1-2H3. The Morgan fingerprint density at radius 2 is 1.97 bits per heavy atom. The van der Waals surface area contributed by atoms with Crippen LogP contribution in [0.5, 0.6) is 11.6 Å². The molecule has 0 bridgehead atoms. The Hall–Kier alpha value is -3.07. The van der Waals surface area contributed by atoms with E-state index in [0.717, 1.165) is 25.3 Å². The van der Waals surface area contributed by atoms with Crippen molar-refractivity contribution in [3.63, 3.8) is 0 Å². The summed E-state index contributed by atoms with van der Waals surface area (Å²) in [5.74, 6) is 1.12. The fourth-order valence-corrected chi connectivity index (χ4v) is 4.04. The van der Waals surface area contributed by atoms with Crippen LogP contribution in [0.15, 0.2) is 42.9 Å². The maximum Gasteiger partial charge on any atom is 0.237 e. The van der Waals surface area contributed by atoms with Crippen LogP contribution >= 0.6 is 23.2 Å². The number of hydrogen-bond acceptors (Lipinski definition) is 8. The second-order valence-corrected chi connectivity index (χ2v) is 9.00. The number of nitrogen functional groups attached to an aromatic ring is 1. The molecule has 0 aliphatic carbocycles. The van der Waals surface area contributed by atoms with Crippen molar-refractivity contribution < 1.29 is 9.47 Å². The molecule has 4 rings (SSSR count). The van der Waals surface area contributed by atoms with Gasteiger partial charge < -0.3 is 25.0 Å². The summed E-state index contributed by atoms with van der Waals surface area (Å²) in [5.41, 5.74) is 9.64. The van der Waals surface area contributed by atoms with E-state index in [2.05, 4.69) is 19.8 Å². The van der Waals surface area contributed by atoms with Crippen LogP contribution in [0.1, 0.15) is 16.7 Å². The predicted octanol–water partition coefficient (Wildman–Crippen LogP) is 4.12. The van der Waals surface area contributed by atoms with Gasteiger partial charge >= 0.3 is 0 Å². The fraction of sp³-hybridized carbons (Fsp3) is 0.292. The van der Waals surface area contributed by atoms with Crippen LogP contribution in [0.25, 0.3) is 0 Å². The van der Waals surface area contributed by atoms with E-state index in [1.165, 1.54) is 12.4 Å². The lowest BCUT2D eigenvalue weighted by Crippen LogP contribution is -2.38. The van der Waals surface area contributed by atoms with Crippen molar-refractivity contribution in [3.05, 3.63) is 69.6 Å². The summed E-state index contributed by atoms with van der Waals surface area (Å²) < 4.78 is 11.6.